The van der Waals surface area contributed by atoms with Crippen molar-refractivity contribution < 1.29 is 9.90 Å². The van der Waals surface area contributed by atoms with E-state index in [9.17, 15) is 9.90 Å². The van der Waals surface area contributed by atoms with Crippen molar-refractivity contribution in [2.45, 2.75) is 19.3 Å². The Morgan fingerprint density at radius 3 is 2.50 bits per heavy atom. The summed E-state index contributed by atoms with van der Waals surface area (Å²) in [5.74, 6) is -0.130. The van der Waals surface area contributed by atoms with Crippen molar-refractivity contribution in [1.82, 2.24) is 5.32 Å². The lowest BCUT2D eigenvalue weighted by Crippen LogP contribution is -2.22. The fraction of sp³-hybridized carbons (Fsp3) is 0.273. The number of thiocarbonyl (C=S) groups is 1. The molecule has 0 aromatic heterocycles. The van der Waals surface area contributed by atoms with Crippen molar-refractivity contribution >= 4 is 46.0 Å². The third-order valence-corrected chi connectivity index (χ3v) is 6.66. The Bertz CT molecular complexity index is 1030. The minimum atomic E-state index is -0.143. The van der Waals surface area contributed by atoms with E-state index in [0.29, 0.717) is 15.8 Å². The number of amides is 1. The highest BCUT2D eigenvalue weighted by atomic mass is 32.2. The molecule has 1 fully saturated rings. The van der Waals surface area contributed by atoms with Gasteiger partial charge < -0.3 is 15.3 Å². The van der Waals surface area contributed by atoms with Crippen LogP contribution in [0.25, 0.3) is 17.2 Å². The van der Waals surface area contributed by atoms with Crippen molar-refractivity contribution in [2.75, 3.05) is 25.1 Å². The monoisotopic (exact) mass is 410 g/mol. The molecule has 4 rings (SSSR count). The van der Waals surface area contributed by atoms with Crippen LogP contribution in [0.4, 0.5) is 5.69 Å². The zero-order valence-electron chi connectivity index (χ0n) is 16.1. The van der Waals surface area contributed by atoms with Crippen molar-refractivity contribution in [3.8, 4) is 11.1 Å². The van der Waals surface area contributed by atoms with Crippen LogP contribution in [0.1, 0.15) is 30.5 Å². The molecule has 28 heavy (non-hydrogen) atoms. The summed E-state index contributed by atoms with van der Waals surface area (Å²) in [4.78, 5) is 14.7. The zero-order valence-corrected chi connectivity index (χ0v) is 17.7. The smallest absolute Gasteiger partial charge is 0.263 e. The number of fused-ring (bicyclic) bond motifs is 3. The number of carbonyl (C=O) groups excluding carboxylic acids is 1. The fourth-order valence-corrected chi connectivity index (χ4v) is 4.97. The Morgan fingerprint density at radius 2 is 1.86 bits per heavy atom. The molecule has 2 aromatic carbocycles. The Hall–Kier alpha value is -2.15. The number of aliphatic hydroxyl groups excluding tert-OH is 1. The topological polar surface area (TPSA) is 52.6 Å². The molecule has 144 valence electrons. The van der Waals surface area contributed by atoms with Gasteiger partial charge >= 0.3 is 0 Å². The number of aliphatic hydroxyl groups is 1. The summed E-state index contributed by atoms with van der Waals surface area (Å²) >= 11 is 6.38. The number of nitrogens with one attached hydrogen (secondary N) is 1. The van der Waals surface area contributed by atoms with Gasteiger partial charge in [-0.25, -0.2) is 0 Å². The second-order valence-electron chi connectivity index (χ2n) is 7.66. The number of hydrogen-bond donors (Lipinski definition) is 2. The van der Waals surface area contributed by atoms with Crippen LogP contribution in [0.5, 0.6) is 0 Å². The van der Waals surface area contributed by atoms with Crippen LogP contribution >= 0.6 is 24.0 Å². The molecule has 1 saturated heterocycles. The number of rotatable bonds is 4. The number of anilines is 1. The van der Waals surface area contributed by atoms with Crippen molar-refractivity contribution in [1.29, 1.82) is 0 Å². The second-order valence-corrected chi connectivity index (χ2v) is 9.38. The van der Waals surface area contributed by atoms with Gasteiger partial charge in [0.05, 0.1) is 11.5 Å². The number of nitrogens with zero attached hydrogens (tertiary/aromatic N) is 1. The molecule has 0 spiro atoms. The molecule has 1 heterocycles. The van der Waals surface area contributed by atoms with E-state index in [4.69, 9.17) is 12.2 Å². The molecule has 0 unspecified atom stereocenters. The third kappa shape index (κ3) is 3.15. The Morgan fingerprint density at radius 1 is 1.18 bits per heavy atom. The maximum absolute atomic E-state index is 12.0. The number of benzene rings is 2. The number of likely N-dealkylation sites (N-methyl/N-ethyl adjacent to an activating group) is 1. The average Bonchev–Trinajstić information content (AvgIpc) is 3.08. The molecule has 2 aliphatic rings. The van der Waals surface area contributed by atoms with Crippen LogP contribution in [0, 0.1) is 0 Å². The summed E-state index contributed by atoms with van der Waals surface area (Å²) < 4.78 is 0.504. The Balaban J connectivity index is 1.74. The maximum atomic E-state index is 12.0. The minimum Gasteiger partial charge on any atom is -0.395 e. The lowest BCUT2D eigenvalue weighted by Gasteiger charge is -2.24. The molecular weight excluding hydrogens is 388 g/mol. The van der Waals surface area contributed by atoms with Gasteiger partial charge in [-0.1, -0.05) is 62.1 Å². The Kier molecular flexibility index (Phi) is 4.81. The lowest BCUT2D eigenvalue weighted by molar-refractivity contribution is -0.115. The van der Waals surface area contributed by atoms with E-state index in [1.54, 1.807) is 0 Å². The molecule has 1 aliphatic heterocycles. The van der Waals surface area contributed by atoms with E-state index in [2.05, 4.69) is 60.5 Å². The highest BCUT2D eigenvalue weighted by Gasteiger charge is 2.36. The van der Waals surface area contributed by atoms with Gasteiger partial charge in [0.15, 0.2) is 0 Å². The number of hydrogen-bond acceptors (Lipinski definition) is 5. The van der Waals surface area contributed by atoms with E-state index >= 15 is 0 Å². The summed E-state index contributed by atoms with van der Waals surface area (Å²) in [5, 5.41) is 11.9. The van der Waals surface area contributed by atoms with E-state index in [0.717, 1.165) is 11.3 Å². The third-order valence-electron chi connectivity index (χ3n) is 5.50. The van der Waals surface area contributed by atoms with Gasteiger partial charge in [-0.15, -0.1) is 0 Å². The summed E-state index contributed by atoms with van der Waals surface area (Å²) in [6.07, 6.45) is 1.90. The van der Waals surface area contributed by atoms with Crippen LogP contribution in [0.3, 0.4) is 0 Å². The number of thioether (sulfide) groups is 1. The highest BCUT2D eigenvalue weighted by Crippen LogP contribution is 2.50. The molecule has 2 N–H and O–H groups in total. The van der Waals surface area contributed by atoms with Crippen molar-refractivity contribution in [2.24, 2.45) is 0 Å². The van der Waals surface area contributed by atoms with Gasteiger partial charge in [0.25, 0.3) is 5.91 Å². The SMILES string of the molecule is CN(CCO)c1ccc2c(c1)C(C)(C)c1cc(/C=C3\SC(=S)NC3=O)ccc1-2. The minimum absolute atomic E-state index is 0.129. The van der Waals surface area contributed by atoms with Gasteiger partial charge in [0.1, 0.15) is 4.32 Å². The van der Waals surface area contributed by atoms with Gasteiger partial charge in [-0.3, -0.25) is 4.79 Å². The lowest BCUT2D eigenvalue weighted by atomic mass is 9.82. The number of carbonyl (C=O) groups is 1. The van der Waals surface area contributed by atoms with Gasteiger partial charge in [-0.05, 0) is 46.0 Å². The molecule has 2 aromatic rings. The van der Waals surface area contributed by atoms with E-state index in [-0.39, 0.29) is 17.9 Å². The first-order valence-corrected chi connectivity index (χ1v) is 10.4. The zero-order chi connectivity index (χ0) is 20.1. The second kappa shape index (κ2) is 7.03. The van der Waals surface area contributed by atoms with E-state index < -0.39 is 0 Å². The summed E-state index contributed by atoms with van der Waals surface area (Å²) in [5.41, 5.74) is 6.97. The van der Waals surface area contributed by atoms with Crippen molar-refractivity contribution in [3.63, 3.8) is 0 Å². The van der Waals surface area contributed by atoms with Gasteiger partial charge in [0.2, 0.25) is 0 Å². The predicted molar refractivity (Wildman–Crippen MR) is 121 cm³/mol. The Labute approximate surface area is 174 Å². The van der Waals surface area contributed by atoms with E-state index in [1.807, 2.05) is 13.1 Å². The van der Waals surface area contributed by atoms with Gasteiger partial charge in [0, 0.05) is 24.7 Å². The van der Waals surface area contributed by atoms with Crippen LogP contribution < -0.4 is 10.2 Å². The molecule has 0 bridgehead atoms. The van der Waals surface area contributed by atoms with Gasteiger partial charge in [-0.2, -0.15) is 0 Å². The quantitative estimate of drug-likeness (QED) is 0.591. The average molecular weight is 411 g/mol. The molecule has 1 amide bonds. The molecular formula is C22H22N2O2S2. The van der Waals surface area contributed by atoms with Crippen LogP contribution in [0.15, 0.2) is 41.3 Å². The molecule has 0 atom stereocenters. The van der Waals surface area contributed by atoms with Crippen LogP contribution in [0.2, 0.25) is 0 Å². The van der Waals surface area contributed by atoms with Crippen LogP contribution in [-0.4, -0.2) is 35.5 Å². The van der Waals surface area contributed by atoms with Crippen LogP contribution in [-0.2, 0) is 10.2 Å². The summed E-state index contributed by atoms with van der Waals surface area (Å²) in [7, 11) is 1.99. The molecule has 1 aliphatic carbocycles. The predicted octanol–water partition coefficient (Wildman–Crippen LogP) is 3.91. The summed E-state index contributed by atoms with van der Waals surface area (Å²) in [6, 6.07) is 12.9. The highest BCUT2D eigenvalue weighted by molar-refractivity contribution is 8.26. The first-order chi connectivity index (χ1) is 13.3. The molecule has 4 nitrogen and oxygen atoms in total. The first-order valence-electron chi connectivity index (χ1n) is 9.17. The fourth-order valence-electron chi connectivity index (χ4n) is 3.92. The largest absolute Gasteiger partial charge is 0.395 e. The standard InChI is InChI=1S/C22H22N2O2S2/c1-22(2)17-10-13(11-19-20(26)23-21(27)28-19)4-6-15(17)16-7-5-14(12-18(16)22)24(3)8-9-25/h4-7,10-12,25H,8-9H2,1-3H3,(H,23,26,27)/b19-11-. The van der Waals surface area contributed by atoms with E-state index in [1.165, 1.54) is 34.0 Å². The molecule has 0 radical (unpaired) electrons. The first kappa shape index (κ1) is 19.2. The summed E-state index contributed by atoms with van der Waals surface area (Å²) in [6.45, 7) is 5.20. The van der Waals surface area contributed by atoms with Crippen molar-refractivity contribution in [3.05, 3.63) is 58.0 Å². The molecule has 0 saturated carbocycles. The maximum Gasteiger partial charge on any atom is 0.263 e. The molecule has 6 heteroatoms. The normalized spacial score (nSPS) is 18.2.